The maximum atomic E-state index is 12.9. The molecule has 0 fully saturated rings. The van der Waals surface area contributed by atoms with Gasteiger partial charge in [-0.1, -0.05) is 0 Å². The molecule has 0 saturated heterocycles. The number of nitrogens with zero attached hydrogens (tertiary/aromatic N) is 3. The number of halogens is 1. The highest BCUT2D eigenvalue weighted by Gasteiger charge is 2.05. The molecule has 0 bridgehead atoms. The van der Waals surface area contributed by atoms with Crippen molar-refractivity contribution in [2.75, 3.05) is 11.9 Å². The molecule has 0 saturated carbocycles. The molecular formula is C11H12FN3S. The van der Waals surface area contributed by atoms with Gasteiger partial charge in [-0.05, 0) is 13.0 Å². The molecule has 2 heterocycles. The molecule has 0 N–H and O–H groups in total. The number of aromatic nitrogens is 2. The fourth-order valence-electron chi connectivity index (χ4n) is 1.44. The lowest BCUT2D eigenvalue weighted by Gasteiger charge is -2.17. The van der Waals surface area contributed by atoms with E-state index in [0.29, 0.717) is 6.54 Å². The van der Waals surface area contributed by atoms with Crippen LogP contribution in [0.4, 0.5) is 10.1 Å². The molecule has 16 heavy (non-hydrogen) atoms. The zero-order valence-corrected chi connectivity index (χ0v) is 9.96. The predicted octanol–water partition coefficient (Wildman–Crippen LogP) is 2.62. The van der Waals surface area contributed by atoms with Crippen molar-refractivity contribution in [3.63, 3.8) is 0 Å². The van der Waals surface area contributed by atoms with E-state index in [1.54, 1.807) is 17.4 Å². The molecule has 84 valence electrons. The number of aryl methyl sites for hydroxylation is 1. The second-order valence-corrected chi connectivity index (χ2v) is 4.61. The van der Waals surface area contributed by atoms with Crippen LogP contribution in [0, 0.1) is 12.9 Å². The van der Waals surface area contributed by atoms with E-state index in [1.807, 2.05) is 24.3 Å². The third-order valence-corrected chi connectivity index (χ3v) is 3.04. The Labute approximate surface area is 97.6 Å². The summed E-state index contributed by atoms with van der Waals surface area (Å²) in [6, 6.07) is 3.20. The topological polar surface area (TPSA) is 29.0 Å². The van der Waals surface area contributed by atoms with Crippen molar-refractivity contribution >= 4 is 17.0 Å². The fraction of sp³-hybridized carbons (Fsp3) is 0.273. The molecule has 0 aromatic carbocycles. The van der Waals surface area contributed by atoms with Crippen LogP contribution < -0.4 is 4.90 Å². The zero-order valence-electron chi connectivity index (χ0n) is 9.14. The highest BCUT2D eigenvalue weighted by atomic mass is 32.1. The summed E-state index contributed by atoms with van der Waals surface area (Å²) in [6.07, 6.45) is 1.47. The molecular weight excluding hydrogens is 225 g/mol. The van der Waals surface area contributed by atoms with Gasteiger partial charge < -0.3 is 4.90 Å². The van der Waals surface area contributed by atoms with Crippen molar-refractivity contribution in [3.05, 3.63) is 40.4 Å². The second kappa shape index (κ2) is 4.57. The molecule has 0 aliphatic heterocycles. The molecule has 3 nitrogen and oxygen atoms in total. The lowest BCUT2D eigenvalue weighted by Crippen LogP contribution is -2.16. The van der Waals surface area contributed by atoms with Crippen LogP contribution in [0.1, 0.15) is 10.7 Å². The van der Waals surface area contributed by atoms with Crippen LogP contribution >= 0.6 is 11.3 Å². The average molecular weight is 237 g/mol. The molecule has 0 amide bonds. The van der Waals surface area contributed by atoms with Gasteiger partial charge in [0.25, 0.3) is 0 Å². The smallest absolute Gasteiger partial charge is 0.214 e. The summed E-state index contributed by atoms with van der Waals surface area (Å²) in [5.41, 5.74) is 1.81. The van der Waals surface area contributed by atoms with E-state index in [0.717, 1.165) is 16.4 Å². The van der Waals surface area contributed by atoms with E-state index in [9.17, 15) is 4.39 Å². The van der Waals surface area contributed by atoms with Crippen molar-refractivity contribution in [1.82, 2.24) is 9.97 Å². The Morgan fingerprint density at radius 3 is 2.94 bits per heavy atom. The number of anilines is 1. The highest BCUT2D eigenvalue weighted by Crippen LogP contribution is 2.16. The van der Waals surface area contributed by atoms with Gasteiger partial charge >= 0.3 is 0 Å². The van der Waals surface area contributed by atoms with Crippen LogP contribution in [0.25, 0.3) is 0 Å². The van der Waals surface area contributed by atoms with Gasteiger partial charge in [-0.25, -0.2) is 9.97 Å². The van der Waals surface area contributed by atoms with Crippen molar-refractivity contribution in [2.45, 2.75) is 13.5 Å². The summed E-state index contributed by atoms with van der Waals surface area (Å²) in [6.45, 7) is 2.65. The Balaban J connectivity index is 2.11. The van der Waals surface area contributed by atoms with E-state index < -0.39 is 5.95 Å². The van der Waals surface area contributed by atoms with Crippen LogP contribution in [0.15, 0.2) is 23.7 Å². The van der Waals surface area contributed by atoms with Gasteiger partial charge in [0.2, 0.25) is 5.95 Å². The van der Waals surface area contributed by atoms with Gasteiger partial charge in [0.1, 0.15) is 0 Å². The van der Waals surface area contributed by atoms with Crippen LogP contribution in [0.2, 0.25) is 0 Å². The van der Waals surface area contributed by atoms with Crippen LogP contribution in [-0.4, -0.2) is 17.0 Å². The van der Waals surface area contributed by atoms with Crippen LogP contribution in [0.3, 0.4) is 0 Å². The number of hydrogen-bond donors (Lipinski definition) is 0. The minimum absolute atomic E-state index is 0.459. The van der Waals surface area contributed by atoms with Crippen molar-refractivity contribution in [1.29, 1.82) is 0 Å². The fourth-order valence-corrected chi connectivity index (χ4v) is 2.05. The molecule has 0 radical (unpaired) electrons. The molecule has 0 atom stereocenters. The maximum absolute atomic E-state index is 12.9. The monoisotopic (exact) mass is 237 g/mol. The second-order valence-electron chi connectivity index (χ2n) is 3.55. The summed E-state index contributed by atoms with van der Waals surface area (Å²) < 4.78 is 12.9. The summed E-state index contributed by atoms with van der Waals surface area (Å²) in [4.78, 5) is 9.84. The minimum Gasteiger partial charge on any atom is -0.368 e. The predicted molar refractivity (Wildman–Crippen MR) is 63.2 cm³/mol. The largest absolute Gasteiger partial charge is 0.368 e. The Bertz CT molecular complexity index is 484. The van der Waals surface area contributed by atoms with Gasteiger partial charge in [0, 0.05) is 30.4 Å². The van der Waals surface area contributed by atoms with Crippen LogP contribution in [0.5, 0.6) is 0 Å². The third kappa shape index (κ3) is 2.55. The zero-order chi connectivity index (χ0) is 11.5. The molecule has 2 rings (SSSR count). The van der Waals surface area contributed by atoms with E-state index >= 15 is 0 Å². The van der Waals surface area contributed by atoms with E-state index in [4.69, 9.17) is 0 Å². The van der Waals surface area contributed by atoms with E-state index in [2.05, 4.69) is 9.97 Å². The quantitative estimate of drug-likeness (QED) is 0.768. The summed E-state index contributed by atoms with van der Waals surface area (Å²) in [5.74, 6) is -0.459. The molecule has 0 unspecified atom stereocenters. The molecule has 0 aliphatic carbocycles. The van der Waals surface area contributed by atoms with Gasteiger partial charge in [-0.3, -0.25) is 0 Å². The van der Waals surface area contributed by atoms with Crippen molar-refractivity contribution in [2.24, 2.45) is 0 Å². The normalized spacial score (nSPS) is 10.4. The van der Waals surface area contributed by atoms with E-state index in [1.165, 1.54) is 12.3 Å². The maximum Gasteiger partial charge on any atom is 0.214 e. The molecule has 2 aromatic rings. The number of hydrogen-bond acceptors (Lipinski definition) is 4. The van der Waals surface area contributed by atoms with Gasteiger partial charge in [0.05, 0.1) is 17.2 Å². The van der Waals surface area contributed by atoms with Gasteiger partial charge in [0.15, 0.2) is 0 Å². The first-order valence-corrected chi connectivity index (χ1v) is 5.77. The molecule has 0 spiro atoms. The Morgan fingerprint density at radius 2 is 2.31 bits per heavy atom. The molecule has 5 heteroatoms. The van der Waals surface area contributed by atoms with Crippen molar-refractivity contribution in [3.8, 4) is 0 Å². The van der Waals surface area contributed by atoms with Crippen LogP contribution in [-0.2, 0) is 6.54 Å². The number of thiazole rings is 1. The molecule has 2 aromatic heterocycles. The number of rotatable bonds is 3. The third-order valence-electron chi connectivity index (χ3n) is 2.22. The Kier molecular flexibility index (Phi) is 3.14. The first kappa shape index (κ1) is 11.0. The summed E-state index contributed by atoms with van der Waals surface area (Å²) >= 11 is 1.62. The Morgan fingerprint density at radius 1 is 1.50 bits per heavy atom. The SMILES string of the molecule is Cc1nc(CN(C)c2ccnc(F)c2)cs1. The Hall–Kier alpha value is -1.49. The lowest BCUT2D eigenvalue weighted by atomic mass is 10.3. The highest BCUT2D eigenvalue weighted by molar-refractivity contribution is 7.09. The van der Waals surface area contributed by atoms with Crippen molar-refractivity contribution < 1.29 is 4.39 Å². The summed E-state index contributed by atoms with van der Waals surface area (Å²) in [5, 5.41) is 3.06. The first-order chi connectivity index (χ1) is 7.65. The molecule has 0 aliphatic rings. The van der Waals surface area contributed by atoms with Gasteiger partial charge in [-0.2, -0.15) is 4.39 Å². The average Bonchev–Trinajstić information content (AvgIpc) is 2.64. The summed E-state index contributed by atoms with van der Waals surface area (Å²) in [7, 11) is 1.91. The standard InChI is InChI=1S/C11H12FN3S/c1-8-14-9(7-16-8)6-15(2)10-3-4-13-11(12)5-10/h3-5,7H,6H2,1-2H3. The lowest BCUT2D eigenvalue weighted by molar-refractivity contribution is 0.583. The van der Waals surface area contributed by atoms with E-state index in [-0.39, 0.29) is 0 Å². The number of pyridine rings is 1. The first-order valence-electron chi connectivity index (χ1n) is 4.89. The minimum atomic E-state index is -0.459. The van der Waals surface area contributed by atoms with Gasteiger partial charge in [-0.15, -0.1) is 11.3 Å².